The molecule has 1 N–H and O–H groups in total. The van der Waals surface area contributed by atoms with E-state index < -0.39 is 10.0 Å². The third-order valence-corrected chi connectivity index (χ3v) is 5.68. The van der Waals surface area contributed by atoms with Gasteiger partial charge in [0.15, 0.2) is 0 Å². The number of hydrogen-bond acceptors (Lipinski definition) is 3. The van der Waals surface area contributed by atoms with Gasteiger partial charge < -0.3 is 5.32 Å². The molecule has 4 nitrogen and oxygen atoms in total. The summed E-state index contributed by atoms with van der Waals surface area (Å²) in [5, 5.41) is 3.27. The fourth-order valence-corrected chi connectivity index (χ4v) is 4.54. The van der Waals surface area contributed by atoms with Crippen molar-refractivity contribution in [3.05, 3.63) is 0 Å². The summed E-state index contributed by atoms with van der Waals surface area (Å²) < 4.78 is 26.6. The van der Waals surface area contributed by atoms with Gasteiger partial charge in [0.25, 0.3) is 0 Å². The highest BCUT2D eigenvalue weighted by molar-refractivity contribution is 7.89. The monoisotopic (exact) mass is 290 g/mol. The van der Waals surface area contributed by atoms with Crippen molar-refractivity contribution in [1.29, 1.82) is 0 Å². The summed E-state index contributed by atoms with van der Waals surface area (Å²) in [5.41, 5.74) is 0. The molecule has 0 spiro atoms. The highest BCUT2D eigenvalue weighted by atomic mass is 32.2. The smallest absolute Gasteiger partial charge is 0.214 e. The second-order valence-electron chi connectivity index (χ2n) is 5.83. The first kappa shape index (κ1) is 16.9. The van der Waals surface area contributed by atoms with Gasteiger partial charge in [-0.05, 0) is 32.2 Å². The zero-order chi connectivity index (χ0) is 14.3. The van der Waals surface area contributed by atoms with Crippen molar-refractivity contribution in [2.75, 3.05) is 18.8 Å². The van der Waals surface area contributed by atoms with E-state index in [1.807, 2.05) is 0 Å². The normalized spacial score (nSPS) is 22.0. The first-order chi connectivity index (χ1) is 8.97. The SMILES string of the molecule is CCCC1CCCCN1S(=O)(=O)CCCNC(C)C. The van der Waals surface area contributed by atoms with Gasteiger partial charge in [0.05, 0.1) is 5.75 Å². The van der Waals surface area contributed by atoms with Gasteiger partial charge in [-0.3, -0.25) is 0 Å². The van der Waals surface area contributed by atoms with Gasteiger partial charge in [-0.25, -0.2) is 8.42 Å². The molecular weight excluding hydrogens is 260 g/mol. The Morgan fingerprint density at radius 1 is 1.32 bits per heavy atom. The Hall–Kier alpha value is -0.130. The molecule has 0 saturated carbocycles. The standard InChI is InChI=1S/C14H30N2O2S/c1-4-8-14-9-5-6-11-16(14)19(17,18)12-7-10-15-13(2)3/h13-15H,4-12H2,1-3H3. The lowest BCUT2D eigenvalue weighted by Gasteiger charge is -2.34. The van der Waals surface area contributed by atoms with Crippen molar-refractivity contribution in [3.8, 4) is 0 Å². The van der Waals surface area contributed by atoms with E-state index in [1.165, 1.54) is 6.42 Å². The number of nitrogens with one attached hydrogen (secondary N) is 1. The Balaban J connectivity index is 2.49. The number of piperidine rings is 1. The molecule has 0 aromatic heterocycles. The zero-order valence-corrected chi connectivity index (χ0v) is 13.5. The molecule has 1 unspecified atom stereocenters. The van der Waals surface area contributed by atoms with Crippen LogP contribution in [0, 0.1) is 0 Å². The molecule has 1 aliphatic heterocycles. The summed E-state index contributed by atoms with van der Waals surface area (Å²) >= 11 is 0. The van der Waals surface area contributed by atoms with Crippen molar-refractivity contribution in [2.24, 2.45) is 0 Å². The molecule has 1 aliphatic rings. The van der Waals surface area contributed by atoms with Crippen LogP contribution in [0.5, 0.6) is 0 Å². The van der Waals surface area contributed by atoms with Crippen LogP contribution in [-0.2, 0) is 10.0 Å². The molecule has 0 aromatic rings. The Kier molecular flexibility index (Phi) is 7.32. The molecule has 1 fully saturated rings. The maximum absolute atomic E-state index is 12.4. The Labute approximate surface area is 119 Å². The summed E-state index contributed by atoms with van der Waals surface area (Å²) in [6.07, 6.45) is 6.00. The maximum Gasteiger partial charge on any atom is 0.214 e. The van der Waals surface area contributed by atoms with E-state index in [9.17, 15) is 8.42 Å². The lowest BCUT2D eigenvalue weighted by Crippen LogP contribution is -2.45. The number of rotatable bonds is 8. The van der Waals surface area contributed by atoms with Crippen LogP contribution in [-0.4, -0.2) is 43.6 Å². The molecule has 1 rings (SSSR count). The predicted octanol–water partition coefficient (Wildman–Crippen LogP) is 2.36. The highest BCUT2D eigenvalue weighted by Crippen LogP contribution is 2.24. The van der Waals surface area contributed by atoms with Crippen LogP contribution in [0.15, 0.2) is 0 Å². The summed E-state index contributed by atoms with van der Waals surface area (Å²) in [6.45, 7) is 7.80. The minimum atomic E-state index is -3.06. The molecular formula is C14H30N2O2S. The zero-order valence-electron chi connectivity index (χ0n) is 12.7. The molecule has 1 saturated heterocycles. The Morgan fingerprint density at radius 3 is 2.68 bits per heavy atom. The molecule has 1 heterocycles. The van der Waals surface area contributed by atoms with Gasteiger partial charge >= 0.3 is 0 Å². The first-order valence-electron chi connectivity index (χ1n) is 7.70. The fourth-order valence-electron chi connectivity index (χ4n) is 2.72. The third kappa shape index (κ3) is 5.79. The van der Waals surface area contributed by atoms with Gasteiger partial charge in [0.1, 0.15) is 0 Å². The van der Waals surface area contributed by atoms with Gasteiger partial charge in [0.2, 0.25) is 10.0 Å². The summed E-state index contributed by atoms with van der Waals surface area (Å²) in [4.78, 5) is 0. The molecule has 1 atom stereocenters. The van der Waals surface area contributed by atoms with Crippen molar-refractivity contribution < 1.29 is 8.42 Å². The van der Waals surface area contributed by atoms with E-state index in [4.69, 9.17) is 0 Å². The Bertz CT molecular complexity index is 339. The quantitative estimate of drug-likeness (QED) is 0.698. The van der Waals surface area contributed by atoms with Gasteiger partial charge in [-0.2, -0.15) is 4.31 Å². The lowest BCUT2D eigenvalue weighted by molar-refractivity contribution is 0.239. The van der Waals surface area contributed by atoms with Crippen LogP contribution in [0.3, 0.4) is 0 Å². The minimum absolute atomic E-state index is 0.252. The highest BCUT2D eigenvalue weighted by Gasteiger charge is 2.30. The van der Waals surface area contributed by atoms with Crippen molar-refractivity contribution >= 4 is 10.0 Å². The minimum Gasteiger partial charge on any atom is -0.314 e. The van der Waals surface area contributed by atoms with Crippen molar-refractivity contribution in [3.63, 3.8) is 0 Å². The molecule has 19 heavy (non-hydrogen) atoms. The van der Waals surface area contributed by atoms with E-state index in [2.05, 4.69) is 26.1 Å². The second kappa shape index (κ2) is 8.22. The molecule has 0 aliphatic carbocycles. The number of sulfonamides is 1. The van der Waals surface area contributed by atoms with E-state index in [0.717, 1.165) is 38.8 Å². The molecule has 0 radical (unpaired) electrons. The number of nitrogens with zero attached hydrogens (tertiary/aromatic N) is 1. The fraction of sp³-hybridized carbons (Fsp3) is 1.00. The maximum atomic E-state index is 12.4. The van der Waals surface area contributed by atoms with Crippen LogP contribution in [0.4, 0.5) is 0 Å². The van der Waals surface area contributed by atoms with Gasteiger partial charge in [-0.1, -0.05) is 33.6 Å². The van der Waals surface area contributed by atoms with Crippen LogP contribution in [0.1, 0.15) is 59.3 Å². The van der Waals surface area contributed by atoms with E-state index in [-0.39, 0.29) is 11.8 Å². The van der Waals surface area contributed by atoms with Crippen molar-refractivity contribution in [2.45, 2.75) is 71.4 Å². The topological polar surface area (TPSA) is 49.4 Å². The summed E-state index contributed by atoms with van der Waals surface area (Å²) in [5.74, 6) is 0.285. The van der Waals surface area contributed by atoms with Crippen LogP contribution < -0.4 is 5.32 Å². The molecule has 0 amide bonds. The predicted molar refractivity (Wildman–Crippen MR) is 80.8 cm³/mol. The number of hydrogen-bond donors (Lipinski definition) is 1. The molecule has 114 valence electrons. The third-order valence-electron chi connectivity index (χ3n) is 3.68. The largest absolute Gasteiger partial charge is 0.314 e. The average molecular weight is 290 g/mol. The van der Waals surface area contributed by atoms with E-state index in [0.29, 0.717) is 12.5 Å². The van der Waals surface area contributed by atoms with Crippen LogP contribution in [0.2, 0.25) is 0 Å². The molecule has 5 heteroatoms. The first-order valence-corrected chi connectivity index (χ1v) is 9.31. The summed E-state index contributed by atoms with van der Waals surface area (Å²) in [6, 6.07) is 0.673. The van der Waals surface area contributed by atoms with E-state index in [1.54, 1.807) is 4.31 Å². The van der Waals surface area contributed by atoms with Gasteiger partial charge in [-0.15, -0.1) is 0 Å². The Morgan fingerprint density at radius 2 is 2.05 bits per heavy atom. The van der Waals surface area contributed by atoms with Crippen molar-refractivity contribution in [1.82, 2.24) is 9.62 Å². The van der Waals surface area contributed by atoms with Crippen LogP contribution in [0.25, 0.3) is 0 Å². The lowest BCUT2D eigenvalue weighted by atomic mass is 10.0. The molecule has 0 bridgehead atoms. The molecule has 0 aromatic carbocycles. The van der Waals surface area contributed by atoms with E-state index >= 15 is 0 Å². The average Bonchev–Trinajstić information content (AvgIpc) is 2.35. The van der Waals surface area contributed by atoms with Gasteiger partial charge in [0, 0.05) is 18.6 Å². The second-order valence-corrected chi connectivity index (χ2v) is 7.87. The van der Waals surface area contributed by atoms with Crippen LogP contribution >= 0.6 is 0 Å². The summed E-state index contributed by atoms with van der Waals surface area (Å²) in [7, 11) is -3.06.